The van der Waals surface area contributed by atoms with Gasteiger partial charge in [-0.2, -0.15) is 4.31 Å². The fraction of sp³-hybridized carbons (Fsp3) is 0.517. The molecule has 2 aromatic rings. The van der Waals surface area contributed by atoms with Gasteiger partial charge in [-0.05, 0) is 81.5 Å². The number of aryl methyl sites for hydroxylation is 1. The van der Waals surface area contributed by atoms with Gasteiger partial charge in [-0.1, -0.05) is 20.3 Å². The largest absolute Gasteiger partial charge is 0.358 e. The third kappa shape index (κ3) is 5.17. The number of hydrogen-bond donors (Lipinski definition) is 3. The Bertz CT molecular complexity index is 1420. The number of benzene rings is 1. The predicted octanol–water partition coefficient (Wildman–Crippen LogP) is 3.77. The molecule has 0 atom stereocenters. The van der Waals surface area contributed by atoms with Crippen LogP contribution in [0.2, 0.25) is 0 Å². The van der Waals surface area contributed by atoms with Gasteiger partial charge in [0.1, 0.15) is 0 Å². The molecule has 1 saturated heterocycles. The fourth-order valence-corrected chi connectivity index (χ4v) is 7.67. The number of H-pyrrole nitrogens is 1. The van der Waals surface area contributed by atoms with E-state index in [-0.39, 0.29) is 16.7 Å². The molecule has 1 aromatic carbocycles. The van der Waals surface area contributed by atoms with Crippen LogP contribution in [0.5, 0.6) is 0 Å². The highest BCUT2D eigenvalue weighted by molar-refractivity contribution is 7.89. The molecule has 210 valence electrons. The summed E-state index contributed by atoms with van der Waals surface area (Å²) in [6.07, 6.45) is 4.98. The molecular formula is C29H39N5O4S. The highest BCUT2D eigenvalue weighted by Gasteiger charge is 2.35. The summed E-state index contributed by atoms with van der Waals surface area (Å²) in [4.78, 5) is 32.4. The van der Waals surface area contributed by atoms with Crippen LogP contribution in [-0.4, -0.2) is 73.7 Å². The maximum Gasteiger partial charge on any atom is 0.256 e. The minimum Gasteiger partial charge on any atom is -0.358 e. The summed E-state index contributed by atoms with van der Waals surface area (Å²) in [7, 11) is -3.64. The number of sulfonamides is 1. The Morgan fingerprint density at radius 2 is 1.82 bits per heavy atom. The highest BCUT2D eigenvalue weighted by Crippen LogP contribution is 2.44. The third-order valence-corrected chi connectivity index (χ3v) is 10.2. The zero-order valence-corrected chi connectivity index (χ0v) is 24.0. The van der Waals surface area contributed by atoms with E-state index in [0.717, 1.165) is 74.3 Å². The normalized spacial score (nSPS) is 19.6. The average molecular weight is 554 g/mol. The number of aromatic nitrogens is 1. The van der Waals surface area contributed by atoms with Crippen molar-refractivity contribution in [3.63, 3.8) is 0 Å². The van der Waals surface area contributed by atoms with Gasteiger partial charge in [-0.15, -0.1) is 0 Å². The monoisotopic (exact) mass is 553 g/mol. The van der Waals surface area contributed by atoms with Crippen LogP contribution in [0.15, 0.2) is 23.1 Å². The summed E-state index contributed by atoms with van der Waals surface area (Å²) in [6.45, 7) is 10.4. The Labute approximate surface area is 231 Å². The molecular weight excluding hydrogens is 514 g/mol. The summed E-state index contributed by atoms with van der Waals surface area (Å²) in [5.74, 6) is -0.340. The lowest BCUT2D eigenvalue weighted by Gasteiger charge is -2.26. The molecule has 1 fully saturated rings. The molecule has 3 heterocycles. The first-order valence-corrected chi connectivity index (χ1v) is 15.6. The number of fused-ring (bicyclic) bond motifs is 2. The lowest BCUT2D eigenvalue weighted by atomic mass is 9.86. The van der Waals surface area contributed by atoms with Crippen molar-refractivity contribution in [1.29, 1.82) is 0 Å². The maximum absolute atomic E-state index is 13.4. The van der Waals surface area contributed by atoms with Gasteiger partial charge in [0.25, 0.3) is 11.8 Å². The molecule has 0 bridgehead atoms. The molecule has 1 aromatic heterocycles. The Morgan fingerprint density at radius 1 is 1.08 bits per heavy atom. The van der Waals surface area contributed by atoms with Gasteiger partial charge < -0.3 is 20.5 Å². The van der Waals surface area contributed by atoms with E-state index in [4.69, 9.17) is 0 Å². The highest BCUT2D eigenvalue weighted by atomic mass is 32.2. The van der Waals surface area contributed by atoms with Crippen molar-refractivity contribution < 1.29 is 18.0 Å². The number of hydrogen-bond acceptors (Lipinski definition) is 5. The first-order valence-electron chi connectivity index (χ1n) is 14.2. The van der Waals surface area contributed by atoms with Gasteiger partial charge in [-0.3, -0.25) is 9.59 Å². The summed E-state index contributed by atoms with van der Waals surface area (Å²) in [5, 5.41) is 6.00. The Hall–Kier alpha value is -2.95. The molecule has 2 aliphatic heterocycles. The molecule has 0 unspecified atom stereocenters. The van der Waals surface area contributed by atoms with Crippen molar-refractivity contribution in [2.75, 3.05) is 44.6 Å². The minimum absolute atomic E-state index is 0.102. The Morgan fingerprint density at radius 3 is 2.54 bits per heavy atom. The lowest BCUT2D eigenvalue weighted by molar-refractivity contribution is -0.110. The number of aromatic amines is 1. The van der Waals surface area contributed by atoms with E-state index in [1.165, 1.54) is 0 Å². The second kappa shape index (κ2) is 11.3. The number of rotatable bonds is 8. The Balaban J connectivity index is 1.49. The van der Waals surface area contributed by atoms with Gasteiger partial charge >= 0.3 is 0 Å². The third-order valence-electron chi connectivity index (χ3n) is 8.27. The molecule has 1 aliphatic carbocycles. The number of likely N-dealkylation sites (N-methyl/N-ethyl adjacent to an activating group) is 1. The van der Waals surface area contributed by atoms with Crippen LogP contribution >= 0.6 is 0 Å². The van der Waals surface area contributed by atoms with Crippen molar-refractivity contribution >= 4 is 38.7 Å². The van der Waals surface area contributed by atoms with E-state index in [1.54, 1.807) is 22.5 Å². The molecule has 10 heteroatoms. The number of nitrogens with one attached hydrogen (secondary N) is 3. The molecule has 3 N–H and O–H groups in total. The quantitative estimate of drug-likeness (QED) is 0.431. The summed E-state index contributed by atoms with van der Waals surface area (Å²) >= 11 is 0. The smallest absolute Gasteiger partial charge is 0.256 e. The van der Waals surface area contributed by atoms with E-state index < -0.39 is 10.0 Å². The zero-order chi connectivity index (χ0) is 27.7. The number of piperidine rings is 1. The predicted molar refractivity (Wildman–Crippen MR) is 153 cm³/mol. The fourth-order valence-electron chi connectivity index (χ4n) is 6.13. The van der Waals surface area contributed by atoms with Crippen molar-refractivity contribution in [2.45, 2.75) is 64.2 Å². The van der Waals surface area contributed by atoms with E-state index in [2.05, 4.69) is 34.4 Å². The van der Waals surface area contributed by atoms with E-state index >= 15 is 0 Å². The number of carbonyl (C=O) groups excluding carboxylic acids is 2. The van der Waals surface area contributed by atoms with Crippen molar-refractivity contribution in [2.24, 2.45) is 0 Å². The average Bonchev–Trinajstić information content (AvgIpc) is 3.46. The molecule has 0 radical (unpaired) electrons. The van der Waals surface area contributed by atoms with Crippen LogP contribution in [0.3, 0.4) is 0 Å². The summed E-state index contributed by atoms with van der Waals surface area (Å²) in [5.41, 5.74) is 5.74. The minimum atomic E-state index is -3.64. The molecule has 39 heavy (non-hydrogen) atoms. The van der Waals surface area contributed by atoms with Gasteiger partial charge in [0, 0.05) is 48.8 Å². The number of nitrogens with zero attached hydrogens (tertiary/aromatic N) is 2. The van der Waals surface area contributed by atoms with Crippen molar-refractivity contribution in [3.8, 4) is 0 Å². The van der Waals surface area contributed by atoms with Gasteiger partial charge in [0.15, 0.2) is 0 Å². The van der Waals surface area contributed by atoms with E-state index in [0.29, 0.717) is 48.4 Å². The number of anilines is 1. The van der Waals surface area contributed by atoms with Gasteiger partial charge in [0.05, 0.1) is 16.0 Å². The number of allylic oxidation sites excluding steroid dienone is 1. The molecule has 0 saturated carbocycles. The van der Waals surface area contributed by atoms with Crippen LogP contribution in [0, 0.1) is 6.92 Å². The molecule has 0 spiro atoms. The zero-order valence-electron chi connectivity index (χ0n) is 23.2. The first kappa shape index (κ1) is 27.6. The molecule has 3 aliphatic rings. The van der Waals surface area contributed by atoms with Crippen LogP contribution in [0.1, 0.15) is 78.8 Å². The van der Waals surface area contributed by atoms with Crippen LogP contribution < -0.4 is 10.6 Å². The number of carbonyl (C=O) groups is 2. The van der Waals surface area contributed by atoms with E-state index in [1.807, 2.05) is 6.92 Å². The van der Waals surface area contributed by atoms with Gasteiger partial charge in [-0.25, -0.2) is 8.42 Å². The van der Waals surface area contributed by atoms with Crippen molar-refractivity contribution in [3.05, 3.63) is 46.3 Å². The molecule has 5 rings (SSSR count). The topological polar surface area (TPSA) is 115 Å². The molecule has 9 nitrogen and oxygen atoms in total. The second-order valence-electron chi connectivity index (χ2n) is 10.6. The summed E-state index contributed by atoms with van der Waals surface area (Å²) in [6, 6.07) is 4.92. The van der Waals surface area contributed by atoms with Crippen LogP contribution in [0.25, 0.3) is 11.1 Å². The second-order valence-corrected chi connectivity index (χ2v) is 12.5. The Kier molecular flexibility index (Phi) is 7.98. The lowest BCUT2D eigenvalue weighted by Crippen LogP contribution is -2.35. The molecule has 2 amide bonds. The SMILES string of the molecule is CCN(CC)CCNC(=O)c1c(C)[nH]c2c1CCCC2=C1C(=O)Nc2ccc(S(=O)(=O)N3CCCCC3)cc21. The van der Waals surface area contributed by atoms with Crippen molar-refractivity contribution in [1.82, 2.24) is 19.5 Å². The van der Waals surface area contributed by atoms with Gasteiger partial charge in [0.2, 0.25) is 10.0 Å². The number of amides is 2. The van der Waals surface area contributed by atoms with E-state index in [9.17, 15) is 18.0 Å². The standard InChI is InChI=1S/C29H39N5O4S/c1-4-33(5-2)17-14-30-28(35)25-19(3)31-27-21(25)10-9-11-22(27)26-23-18-20(12-13-24(23)32-29(26)36)39(37,38)34-15-7-6-8-16-34/h12-13,18,31H,4-11,14-17H2,1-3H3,(H,30,35)(H,32,36). The summed E-state index contributed by atoms with van der Waals surface area (Å²) < 4.78 is 28.3. The maximum atomic E-state index is 13.4. The first-order chi connectivity index (χ1) is 18.8. The van der Waals surface area contributed by atoms with Crippen LogP contribution in [-0.2, 0) is 21.2 Å². The van der Waals surface area contributed by atoms with Crippen LogP contribution in [0.4, 0.5) is 5.69 Å².